The number of nitrogens with zero attached hydrogens (tertiary/aromatic N) is 1. The molecule has 2 aliphatic heterocycles. The van der Waals surface area contributed by atoms with E-state index in [4.69, 9.17) is 4.74 Å². The van der Waals surface area contributed by atoms with Gasteiger partial charge >= 0.3 is 5.97 Å². The van der Waals surface area contributed by atoms with Gasteiger partial charge < -0.3 is 9.64 Å². The van der Waals surface area contributed by atoms with Gasteiger partial charge in [-0.3, -0.25) is 4.79 Å². The van der Waals surface area contributed by atoms with E-state index in [1.54, 1.807) is 0 Å². The van der Waals surface area contributed by atoms with Crippen molar-refractivity contribution in [1.29, 1.82) is 0 Å². The number of benzene rings is 2. The number of para-hydroxylation sites is 1. The molecule has 3 nitrogen and oxygen atoms in total. The molecule has 26 heavy (non-hydrogen) atoms. The van der Waals surface area contributed by atoms with Crippen molar-refractivity contribution in [2.45, 2.75) is 50.5 Å². The smallest absolute Gasteiger partial charge is 0.305 e. The van der Waals surface area contributed by atoms with E-state index in [9.17, 15) is 4.79 Å². The van der Waals surface area contributed by atoms with Gasteiger partial charge in [-0.15, -0.1) is 0 Å². The Morgan fingerprint density at radius 2 is 1.85 bits per heavy atom. The summed E-state index contributed by atoms with van der Waals surface area (Å²) in [4.78, 5) is 14.6. The number of carbonyl (C=O) groups is 1. The van der Waals surface area contributed by atoms with Crippen molar-refractivity contribution in [2.75, 3.05) is 18.1 Å². The Labute approximate surface area is 155 Å². The van der Waals surface area contributed by atoms with Gasteiger partial charge in [0, 0.05) is 25.1 Å². The standard InChI is InChI=1S/C23H25NO2/c25-22-10-3-4-12-24-20-9-2-1-8-19(20)18-14-17-7-5-6-16(11-13-26-22)23(17)21(24)15-18/h1-2,5-9,18,21H,3-4,10-15H2. The molecule has 3 heteroatoms. The van der Waals surface area contributed by atoms with Crippen molar-refractivity contribution in [3.05, 3.63) is 64.7 Å². The van der Waals surface area contributed by atoms with Crippen molar-refractivity contribution in [2.24, 2.45) is 0 Å². The molecule has 134 valence electrons. The number of esters is 1. The summed E-state index contributed by atoms with van der Waals surface area (Å²) in [5.74, 6) is 0.576. The Kier molecular flexibility index (Phi) is 3.96. The minimum atomic E-state index is -0.0500. The summed E-state index contributed by atoms with van der Waals surface area (Å²) in [6.45, 7) is 1.51. The Balaban J connectivity index is 1.63. The molecule has 2 unspecified atom stereocenters. The quantitative estimate of drug-likeness (QED) is 0.655. The highest BCUT2D eigenvalue weighted by Crippen LogP contribution is 2.51. The molecule has 0 saturated heterocycles. The van der Waals surface area contributed by atoms with Gasteiger partial charge in [-0.25, -0.2) is 0 Å². The molecule has 0 fully saturated rings. The van der Waals surface area contributed by atoms with E-state index in [2.05, 4.69) is 47.4 Å². The van der Waals surface area contributed by atoms with Gasteiger partial charge in [0.05, 0.1) is 12.6 Å². The number of hydrogen-bond acceptors (Lipinski definition) is 3. The number of cyclic esters (lactones) is 1. The van der Waals surface area contributed by atoms with Gasteiger partial charge in [-0.05, 0) is 59.9 Å². The maximum Gasteiger partial charge on any atom is 0.305 e. The van der Waals surface area contributed by atoms with E-state index in [-0.39, 0.29) is 5.97 Å². The molecule has 0 saturated carbocycles. The average Bonchev–Trinajstić information content (AvgIpc) is 2.66. The summed E-state index contributed by atoms with van der Waals surface area (Å²) >= 11 is 0. The highest BCUT2D eigenvalue weighted by molar-refractivity contribution is 5.69. The zero-order valence-electron chi connectivity index (χ0n) is 15.1. The molecule has 2 atom stereocenters. The molecule has 0 spiro atoms. The summed E-state index contributed by atoms with van der Waals surface area (Å²) in [6, 6.07) is 16.1. The summed E-state index contributed by atoms with van der Waals surface area (Å²) in [5.41, 5.74) is 7.28. The van der Waals surface area contributed by atoms with E-state index < -0.39 is 0 Å². The van der Waals surface area contributed by atoms with Crippen LogP contribution in [-0.4, -0.2) is 19.1 Å². The van der Waals surface area contributed by atoms with Gasteiger partial charge in [-0.2, -0.15) is 0 Å². The van der Waals surface area contributed by atoms with Crippen molar-refractivity contribution >= 4 is 11.7 Å². The lowest BCUT2D eigenvalue weighted by atomic mass is 9.71. The van der Waals surface area contributed by atoms with Crippen LogP contribution in [0.25, 0.3) is 0 Å². The van der Waals surface area contributed by atoms with Crippen molar-refractivity contribution in [3.63, 3.8) is 0 Å². The lowest BCUT2D eigenvalue weighted by molar-refractivity contribution is -0.143. The largest absolute Gasteiger partial charge is 0.465 e. The topological polar surface area (TPSA) is 29.5 Å². The van der Waals surface area contributed by atoms with Crippen LogP contribution < -0.4 is 4.90 Å². The van der Waals surface area contributed by atoms with Crippen LogP contribution >= 0.6 is 0 Å². The van der Waals surface area contributed by atoms with Crippen LogP contribution in [0.4, 0.5) is 5.69 Å². The van der Waals surface area contributed by atoms with Crippen LogP contribution in [0.5, 0.6) is 0 Å². The van der Waals surface area contributed by atoms with Gasteiger partial charge in [0.2, 0.25) is 0 Å². The first-order chi connectivity index (χ1) is 12.8. The molecule has 2 heterocycles. The van der Waals surface area contributed by atoms with Gasteiger partial charge in [-0.1, -0.05) is 36.4 Å². The molecule has 0 radical (unpaired) electrons. The maximum absolute atomic E-state index is 11.9. The summed E-state index contributed by atoms with van der Waals surface area (Å²) in [6.07, 6.45) is 5.64. The molecule has 0 N–H and O–H groups in total. The van der Waals surface area contributed by atoms with Crippen LogP contribution in [-0.2, 0) is 22.4 Å². The summed E-state index contributed by atoms with van der Waals surface area (Å²) < 4.78 is 5.46. The van der Waals surface area contributed by atoms with E-state index >= 15 is 0 Å². The minimum absolute atomic E-state index is 0.0500. The van der Waals surface area contributed by atoms with Gasteiger partial charge in [0.15, 0.2) is 0 Å². The SMILES string of the molecule is O=C1CCCCN2c3ccccc3C3Cc4cccc(c4C2C3)CCO1. The number of rotatable bonds is 0. The molecule has 1 aliphatic carbocycles. The van der Waals surface area contributed by atoms with Crippen molar-refractivity contribution in [1.82, 2.24) is 0 Å². The first-order valence-electron chi connectivity index (χ1n) is 9.93. The normalized spacial score (nSPS) is 24.8. The lowest BCUT2D eigenvalue weighted by Crippen LogP contribution is -2.39. The fraction of sp³-hybridized carbons (Fsp3) is 0.435. The van der Waals surface area contributed by atoms with E-state index in [1.807, 2.05) is 0 Å². The van der Waals surface area contributed by atoms with Crippen LogP contribution in [0.15, 0.2) is 42.5 Å². The molecule has 0 aromatic heterocycles. The summed E-state index contributed by atoms with van der Waals surface area (Å²) in [5, 5.41) is 0. The molecular weight excluding hydrogens is 322 g/mol. The first-order valence-corrected chi connectivity index (χ1v) is 9.93. The maximum atomic E-state index is 11.9. The number of anilines is 1. The fourth-order valence-corrected chi connectivity index (χ4v) is 5.18. The van der Waals surface area contributed by atoms with Crippen LogP contribution in [0.3, 0.4) is 0 Å². The van der Waals surface area contributed by atoms with Crippen LogP contribution in [0.1, 0.15) is 59.9 Å². The number of ether oxygens (including phenoxy) is 1. The number of carbonyl (C=O) groups excluding carboxylic acids is 1. The zero-order chi connectivity index (χ0) is 17.5. The van der Waals surface area contributed by atoms with Gasteiger partial charge in [0.25, 0.3) is 0 Å². The monoisotopic (exact) mass is 347 g/mol. The molecule has 0 amide bonds. The molecular formula is C23H25NO2. The third kappa shape index (κ3) is 2.61. The second-order valence-corrected chi connectivity index (χ2v) is 7.82. The van der Waals surface area contributed by atoms with Crippen LogP contribution in [0, 0.1) is 0 Å². The van der Waals surface area contributed by atoms with Gasteiger partial charge in [0.1, 0.15) is 0 Å². The molecule has 2 bridgehead atoms. The highest BCUT2D eigenvalue weighted by Gasteiger charge is 2.39. The lowest BCUT2D eigenvalue weighted by Gasteiger charge is -2.47. The Morgan fingerprint density at radius 3 is 2.81 bits per heavy atom. The fourth-order valence-electron chi connectivity index (χ4n) is 5.18. The first kappa shape index (κ1) is 15.9. The minimum Gasteiger partial charge on any atom is -0.465 e. The van der Waals surface area contributed by atoms with Crippen LogP contribution in [0.2, 0.25) is 0 Å². The van der Waals surface area contributed by atoms with E-state index in [0.717, 1.165) is 32.2 Å². The second-order valence-electron chi connectivity index (χ2n) is 7.82. The molecule has 2 aromatic carbocycles. The Morgan fingerprint density at radius 1 is 0.962 bits per heavy atom. The Hall–Kier alpha value is -2.29. The zero-order valence-corrected chi connectivity index (χ0v) is 15.1. The third-order valence-corrected chi connectivity index (χ3v) is 6.32. The average molecular weight is 347 g/mol. The number of hydrogen-bond donors (Lipinski definition) is 0. The van der Waals surface area contributed by atoms with Crippen molar-refractivity contribution < 1.29 is 9.53 Å². The Bertz CT molecular complexity index is 844. The summed E-state index contributed by atoms with van der Waals surface area (Å²) in [7, 11) is 0. The van der Waals surface area contributed by atoms with E-state index in [0.29, 0.717) is 25.0 Å². The third-order valence-electron chi connectivity index (χ3n) is 6.32. The number of fused-ring (bicyclic) bond motifs is 4. The molecule has 5 rings (SSSR count). The predicted octanol–water partition coefficient (Wildman–Crippen LogP) is 4.55. The molecule has 2 aromatic rings. The second kappa shape index (κ2) is 6.46. The van der Waals surface area contributed by atoms with E-state index in [1.165, 1.54) is 34.4 Å². The molecule has 3 aliphatic rings. The highest BCUT2D eigenvalue weighted by atomic mass is 16.5. The predicted molar refractivity (Wildman–Crippen MR) is 103 cm³/mol. The van der Waals surface area contributed by atoms with Crippen molar-refractivity contribution in [3.8, 4) is 0 Å².